The highest BCUT2D eigenvalue weighted by Crippen LogP contribution is 2.41. The second-order valence-corrected chi connectivity index (χ2v) is 4.87. The lowest BCUT2D eigenvalue weighted by Crippen LogP contribution is -1.92. The maximum atomic E-state index is 5.83. The fourth-order valence-corrected chi connectivity index (χ4v) is 2.45. The number of hydrogen-bond acceptors (Lipinski definition) is 2. The maximum absolute atomic E-state index is 5.83. The second kappa shape index (κ2) is 7.43. The quantitative estimate of drug-likeness (QED) is 0.553. The molecule has 0 saturated heterocycles. The maximum Gasteiger partial charge on any atom is 0.326 e. The molecule has 19 heavy (non-hydrogen) atoms. The summed E-state index contributed by atoms with van der Waals surface area (Å²) in [5.41, 5.74) is 3.02. The first-order chi connectivity index (χ1) is 9.38. The van der Waals surface area contributed by atoms with Crippen molar-refractivity contribution in [3.05, 3.63) is 78.3 Å². The van der Waals surface area contributed by atoms with Crippen LogP contribution in [-0.4, -0.2) is 0 Å². The standard InChI is InChI=1S/C16H15O2P/c1-2-3-14-19(17-15-10-6-4-7-11-15)18-16-12-8-5-9-13-16/h2,4-14H,1H3. The molecule has 0 heterocycles. The highest BCUT2D eigenvalue weighted by atomic mass is 31.2. The van der Waals surface area contributed by atoms with E-state index in [1.54, 1.807) is 0 Å². The first kappa shape index (κ1) is 13.4. The van der Waals surface area contributed by atoms with Gasteiger partial charge in [-0.1, -0.05) is 36.4 Å². The molecule has 2 nitrogen and oxygen atoms in total. The number of allylic oxidation sites excluding steroid dienone is 1. The zero-order valence-corrected chi connectivity index (χ0v) is 11.6. The third-order valence-corrected chi connectivity index (χ3v) is 3.37. The molecule has 0 unspecified atom stereocenters. The van der Waals surface area contributed by atoms with Gasteiger partial charge in [0.05, 0.1) is 5.82 Å². The SMILES string of the molecule is CC=C=CP(Oc1ccccc1)Oc1ccccc1. The van der Waals surface area contributed by atoms with E-state index >= 15 is 0 Å². The van der Waals surface area contributed by atoms with Crippen LogP contribution in [0.4, 0.5) is 0 Å². The average Bonchev–Trinajstić information content (AvgIpc) is 2.47. The Hall–Kier alpha value is -2.01. The molecular formula is C16H15O2P. The summed E-state index contributed by atoms with van der Waals surface area (Å²) in [5, 5.41) is 0. The molecule has 0 aromatic heterocycles. The van der Waals surface area contributed by atoms with Crippen molar-refractivity contribution in [3.63, 3.8) is 0 Å². The topological polar surface area (TPSA) is 18.5 Å². The Morgan fingerprint density at radius 2 is 1.32 bits per heavy atom. The molecular weight excluding hydrogens is 255 g/mol. The fourth-order valence-electron chi connectivity index (χ4n) is 1.38. The number of rotatable bonds is 5. The zero-order valence-electron chi connectivity index (χ0n) is 10.7. The molecule has 3 heteroatoms. The van der Waals surface area contributed by atoms with E-state index in [9.17, 15) is 0 Å². The Morgan fingerprint density at radius 1 is 0.842 bits per heavy atom. The van der Waals surface area contributed by atoms with Crippen molar-refractivity contribution in [2.24, 2.45) is 0 Å². The lowest BCUT2D eigenvalue weighted by molar-refractivity contribution is 0.501. The van der Waals surface area contributed by atoms with Gasteiger partial charge in [-0.2, -0.15) is 0 Å². The third kappa shape index (κ3) is 4.63. The highest BCUT2D eigenvalue weighted by molar-refractivity contribution is 7.51. The molecule has 0 aliphatic heterocycles. The minimum Gasteiger partial charge on any atom is -0.435 e. The molecule has 96 valence electrons. The van der Waals surface area contributed by atoms with Crippen LogP contribution in [0.1, 0.15) is 6.92 Å². The molecule has 0 atom stereocenters. The van der Waals surface area contributed by atoms with Gasteiger partial charge >= 0.3 is 8.38 Å². The van der Waals surface area contributed by atoms with Gasteiger partial charge in [-0.15, -0.1) is 5.73 Å². The van der Waals surface area contributed by atoms with Crippen molar-refractivity contribution in [1.82, 2.24) is 0 Å². The van der Waals surface area contributed by atoms with Crippen LogP contribution in [0.5, 0.6) is 11.5 Å². The molecule has 0 saturated carbocycles. The zero-order chi connectivity index (χ0) is 13.3. The lowest BCUT2D eigenvalue weighted by atomic mass is 10.3. The van der Waals surface area contributed by atoms with Crippen LogP contribution < -0.4 is 9.05 Å². The average molecular weight is 270 g/mol. The van der Waals surface area contributed by atoms with E-state index in [2.05, 4.69) is 5.73 Å². The van der Waals surface area contributed by atoms with Crippen LogP contribution in [0.3, 0.4) is 0 Å². The Labute approximate surface area is 114 Å². The van der Waals surface area contributed by atoms with E-state index in [4.69, 9.17) is 9.05 Å². The molecule has 0 aliphatic rings. The highest BCUT2D eigenvalue weighted by Gasteiger charge is 2.10. The minimum absolute atomic E-state index is 0.790. The predicted octanol–water partition coefficient (Wildman–Crippen LogP) is 5.15. The van der Waals surface area contributed by atoms with E-state index < -0.39 is 8.38 Å². The molecule has 0 radical (unpaired) electrons. The van der Waals surface area contributed by atoms with Gasteiger partial charge in [0.1, 0.15) is 11.5 Å². The first-order valence-electron chi connectivity index (χ1n) is 6.01. The molecule has 0 spiro atoms. The van der Waals surface area contributed by atoms with Crippen LogP contribution in [-0.2, 0) is 0 Å². The van der Waals surface area contributed by atoms with E-state index in [0.29, 0.717) is 0 Å². The minimum atomic E-state index is -1.19. The summed E-state index contributed by atoms with van der Waals surface area (Å²) in [4.78, 5) is 0. The van der Waals surface area contributed by atoms with Gasteiger partial charge in [-0.25, -0.2) is 0 Å². The van der Waals surface area contributed by atoms with E-state index in [-0.39, 0.29) is 0 Å². The van der Waals surface area contributed by atoms with Gasteiger partial charge in [-0.3, -0.25) is 0 Å². The Balaban J connectivity index is 2.10. The van der Waals surface area contributed by atoms with E-state index in [1.165, 1.54) is 0 Å². The van der Waals surface area contributed by atoms with Gasteiger partial charge < -0.3 is 9.05 Å². The summed E-state index contributed by atoms with van der Waals surface area (Å²) >= 11 is 0. The summed E-state index contributed by atoms with van der Waals surface area (Å²) in [7, 11) is -1.19. The van der Waals surface area contributed by atoms with Gasteiger partial charge in [0.2, 0.25) is 0 Å². The van der Waals surface area contributed by atoms with Crippen LogP contribution in [0.25, 0.3) is 0 Å². The molecule has 0 N–H and O–H groups in total. The molecule has 0 fully saturated rings. The van der Waals surface area contributed by atoms with Crippen LogP contribution in [0.15, 0.2) is 78.3 Å². The monoisotopic (exact) mass is 270 g/mol. The Morgan fingerprint density at radius 3 is 1.74 bits per heavy atom. The van der Waals surface area contributed by atoms with Crippen LogP contribution >= 0.6 is 8.38 Å². The third-order valence-electron chi connectivity index (χ3n) is 2.22. The number of para-hydroxylation sites is 2. The Kier molecular flexibility index (Phi) is 5.25. The number of benzene rings is 2. The van der Waals surface area contributed by atoms with Gasteiger partial charge in [0.25, 0.3) is 0 Å². The summed E-state index contributed by atoms with van der Waals surface area (Å²) in [6.07, 6.45) is 1.83. The largest absolute Gasteiger partial charge is 0.435 e. The van der Waals surface area contributed by atoms with Crippen molar-refractivity contribution in [2.75, 3.05) is 0 Å². The number of hydrogen-bond donors (Lipinski definition) is 0. The normalized spacial score (nSPS) is 9.58. The second-order valence-electron chi connectivity index (χ2n) is 3.68. The van der Waals surface area contributed by atoms with Crippen LogP contribution in [0.2, 0.25) is 0 Å². The molecule has 0 bridgehead atoms. The summed E-state index contributed by atoms with van der Waals surface area (Å²) < 4.78 is 11.7. The van der Waals surface area contributed by atoms with Crippen molar-refractivity contribution < 1.29 is 9.05 Å². The molecule has 2 aromatic carbocycles. The van der Waals surface area contributed by atoms with Crippen LogP contribution in [0, 0.1) is 0 Å². The van der Waals surface area contributed by atoms with Crippen molar-refractivity contribution in [2.45, 2.75) is 6.92 Å². The summed E-state index contributed by atoms with van der Waals surface area (Å²) in [6.45, 7) is 1.91. The van der Waals surface area contributed by atoms with Crippen molar-refractivity contribution >= 4 is 8.38 Å². The van der Waals surface area contributed by atoms with E-state index in [1.807, 2.05) is 79.5 Å². The fraction of sp³-hybridized carbons (Fsp3) is 0.0625. The first-order valence-corrected chi connectivity index (χ1v) is 7.25. The summed E-state index contributed by atoms with van der Waals surface area (Å²) in [6, 6.07) is 19.3. The lowest BCUT2D eigenvalue weighted by Gasteiger charge is -2.14. The smallest absolute Gasteiger partial charge is 0.326 e. The predicted molar refractivity (Wildman–Crippen MR) is 79.4 cm³/mol. The molecule has 2 rings (SSSR count). The molecule has 0 amide bonds. The molecule has 2 aromatic rings. The molecule has 0 aliphatic carbocycles. The Bertz CT molecular complexity index is 504. The van der Waals surface area contributed by atoms with Crippen molar-refractivity contribution in [3.8, 4) is 11.5 Å². The van der Waals surface area contributed by atoms with Crippen molar-refractivity contribution in [1.29, 1.82) is 0 Å². The summed E-state index contributed by atoms with van der Waals surface area (Å²) in [5.74, 6) is 3.40. The van der Waals surface area contributed by atoms with Gasteiger partial charge in [-0.05, 0) is 37.3 Å². The van der Waals surface area contributed by atoms with Gasteiger partial charge in [0.15, 0.2) is 0 Å². The van der Waals surface area contributed by atoms with E-state index in [0.717, 1.165) is 11.5 Å². The van der Waals surface area contributed by atoms with Gasteiger partial charge in [0, 0.05) is 0 Å².